The summed E-state index contributed by atoms with van der Waals surface area (Å²) in [6.07, 6.45) is 7.06. The summed E-state index contributed by atoms with van der Waals surface area (Å²) in [4.78, 5) is 8.74. The molecule has 84 valence electrons. The molecule has 1 aliphatic carbocycles. The summed E-state index contributed by atoms with van der Waals surface area (Å²) in [6, 6.07) is 2.68. The second kappa shape index (κ2) is 3.56. The van der Waals surface area contributed by atoms with Gasteiger partial charge in [0.1, 0.15) is 11.3 Å². The van der Waals surface area contributed by atoms with Crippen LogP contribution in [-0.2, 0) is 0 Å². The minimum absolute atomic E-state index is 0.0352. The molecule has 2 aromatic heterocycles. The third-order valence-corrected chi connectivity index (χ3v) is 3.20. The summed E-state index contributed by atoms with van der Waals surface area (Å²) >= 11 is 0. The van der Waals surface area contributed by atoms with E-state index in [-0.39, 0.29) is 6.04 Å². The second-order valence-electron chi connectivity index (χ2n) is 4.45. The molecule has 0 bridgehead atoms. The highest BCUT2D eigenvalue weighted by atomic mass is 15.1. The van der Waals surface area contributed by atoms with Gasteiger partial charge in [-0.3, -0.25) is 4.98 Å². The molecule has 16 heavy (non-hydrogen) atoms. The Morgan fingerprint density at radius 1 is 1.56 bits per heavy atom. The van der Waals surface area contributed by atoms with Crippen LogP contribution in [0.1, 0.15) is 44.1 Å². The molecule has 1 fully saturated rings. The summed E-state index contributed by atoms with van der Waals surface area (Å²) < 4.78 is 2.31. The number of aromatic nitrogens is 3. The van der Waals surface area contributed by atoms with Crippen LogP contribution in [0, 0.1) is 0 Å². The van der Waals surface area contributed by atoms with E-state index in [1.54, 1.807) is 0 Å². The van der Waals surface area contributed by atoms with Crippen LogP contribution in [0.3, 0.4) is 0 Å². The zero-order valence-electron chi connectivity index (χ0n) is 9.43. The van der Waals surface area contributed by atoms with Crippen molar-refractivity contribution < 1.29 is 0 Å². The van der Waals surface area contributed by atoms with Gasteiger partial charge in [-0.15, -0.1) is 0 Å². The maximum absolute atomic E-state index is 6.12. The molecule has 4 heteroatoms. The zero-order chi connectivity index (χ0) is 11.1. The van der Waals surface area contributed by atoms with Crippen LogP contribution < -0.4 is 5.73 Å². The van der Waals surface area contributed by atoms with E-state index in [0.717, 1.165) is 17.8 Å². The Balaban J connectivity index is 2.22. The highest BCUT2D eigenvalue weighted by molar-refractivity contribution is 5.75. The Kier molecular flexibility index (Phi) is 2.17. The van der Waals surface area contributed by atoms with Crippen molar-refractivity contribution in [2.24, 2.45) is 5.73 Å². The fourth-order valence-corrected chi connectivity index (χ4v) is 2.13. The van der Waals surface area contributed by atoms with Crippen molar-refractivity contribution in [1.29, 1.82) is 0 Å². The highest BCUT2D eigenvalue weighted by Gasteiger charge is 2.29. The van der Waals surface area contributed by atoms with Crippen molar-refractivity contribution in [3.8, 4) is 0 Å². The van der Waals surface area contributed by atoms with Gasteiger partial charge in [0.25, 0.3) is 0 Å². The standard InChI is InChI=1S/C12H16N4/c1-2-9(13)12-15-10-7-14-6-5-11(10)16(12)8-3-4-8/h5-9H,2-4,13H2,1H3. The number of imidazole rings is 1. The fourth-order valence-electron chi connectivity index (χ4n) is 2.13. The number of pyridine rings is 1. The average molecular weight is 216 g/mol. The van der Waals surface area contributed by atoms with Gasteiger partial charge in [-0.25, -0.2) is 4.98 Å². The number of hydrogen-bond acceptors (Lipinski definition) is 3. The molecule has 1 saturated carbocycles. The van der Waals surface area contributed by atoms with E-state index in [0.29, 0.717) is 6.04 Å². The summed E-state index contributed by atoms with van der Waals surface area (Å²) in [7, 11) is 0. The smallest absolute Gasteiger partial charge is 0.127 e. The molecular weight excluding hydrogens is 200 g/mol. The van der Waals surface area contributed by atoms with Crippen LogP contribution in [0.4, 0.5) is 0 Å². The molecule has 1 atom stereocenters. The lowest BCUT2D eigenvalue weighted by Crippen LogP contribution is -2.15. The minimum atomic E-state index is 0.0352. The van der Waals surface area contributed by atoms with Crippen LogP contribution in [-0.4, -0.2) is 14.5 Å². The van der Waals surface area contributed by atoms with E-state index < -0.39 is 0 Å². The van der Waals surface area contributed by atoms with Crippen molar-refractivity contribution in [1.82, 2.24) is 14.5 Å². The van der Waals surface area contributed by atoms with Gasteiger partial charge in [0.2, 0.25) is 0 Å². The number of nitrogens with two attached hydrogens (primary N) is 1. The van der Waals surface area contributed by atoms with Gasteiger partial charge in [-0.05, 0) is 25.3 Å². The lowest BCUT2D eigenvalue weighted by molar-refractivity contribution is 0.590. The number of fused-ring (bicyclic) bond motifs is 1. The first kappa shape index (κ1) is 9.78. The maximum Gasteiger partial charge on any atom is 0.127 e. The third-order valence-electron chi connectivity index (χ3n) is 3.20. The molecule has 1 aliphatic rings. The summed E-state index contributed by atoms with van der Waals surface area (Å²) in [6.45, 7) is 2.10. The first-order valence-corrected chi connectivity index (χ1v) is 5.88. The zero-order valence-corrected chi connectivity index (χ0v) is 9.43. The predicted octanol–water partition coefficient (Wildman–Crippen LogP) is 2.18. The molecule has 2 heterocycles. The van der Waals surface area contributed by atoms with Crippen molar-refractivity contribution in [2.75, 3.05) is 0 Å². The molecule has 0 spiro atoms. The fraction of sp³-hybridized carbons (Fsp3) is 0.500. The number of nitrogens with zero attached hydrogens (tertiary/aromatic N) is 3. The monoisotopic (exact) mass is 216 g/mol. The van der Waals surface area contributed by atoms with Crippen LogP contribution in [0.15, 0.2) is 18.5 Å². The van der Waals surface area contributed by atoms with E-state index in [1.165, 1.54) is 18.4 Å². The van der Waals surface area contributed by atoms with Gasteiger partial charge in [0, 0.05) is 12.2 Å². The molecule has 0 aliphatic heterocycles. The number of rotatable bonds is 3. The van der Waals surface area contributed by atoms with E-state index >= 15 is 0 Å². The summed E-state index contributed by atoms with van der Waals surface area (Å²) in [5.41, 5.74) is 8.26. The SMILES string of the molecule is CCC(N)c1nc2cnccc2n1C1CC1. The molecule has 0 aromatic carbocycles. The van der Waals surface area contributed by atoms with E-state index in [9.17, 15) is 0 Å². The quantitative estimate of drug-likeness (QED) is 0.855. The van der Waals surface area contributed by atoms with E-state index in [4.69, 9.17) is 5.73 Å². The van der Waals surface area contributed by atoms with Crippen LogP contribution >= 0.6 is 0 Å². The maximum atomic E-state index is 6.12. The predicted molar refractivity (Wildman–Crippen MR) is 63.0 cm³/mol. The molecule has 0 radical (unpaired) electrons. The largest absolute Gasteiger partial charge is 0.323 e. The topological polar surface area (TPSA) is 56.7 Å². The lowest BCUT2D eigenvalue weighted by Gasteiger charge is -2.12. The molecule has 0 saturated heterocycles. The molecule has 0 amide bonds. The second-order valence-corrected chi connectivity index (χ2v) is 4.45. The summed E-state index contributed by atoms with van der Waals surface area (Å²) in [5.74, 6) is 1.02. The van der Waals surface area contributed by atoms with E-state index in [2.05, 4.69) is 21.5 Å². The summed E-state index contributed by atoms with van der Waals surface area (Å²) in [5, 5.41) is 0. The Morgan fingerprint density at radius 3 is 3.06 bits per heavy atom. The van der Waals surface area contributed by atoms with Crippen LogP contribution in [0.2, 0.25) is 0 Å². The Morgan fingerprint density at radius 2 is 2.38 bits per heavy atom. The van der Waals surface area contributed by atoms with Crippen molar-refractivity contribution in [2.45, 2.75) is 38.3 Å². The molecule has 2 aromatic rings. The molecule has 3 rings (SSSR count). The van der Waals surface area contributed by atoms with Gasteiger partial charge < -0.3 is 10.3 Å². The first-order valence-electron chi connectivity index (χ1n) is 5.88. The van der Waals surface area contributed by atoms with Gasteiger partial charge in [0.15, 0.2) is 0 Å². The van der Waals surface area contributed by atoms with Gasteiger partial charge in [-0.2, -0.15) is 0 Å². The van der Waals surface area contributed by atoms with Gasteiger partial charge >= 0.3 is 0 Å². The Bertz CT molecular complexity index is 513. The normalized spacial score (nSPS) is 17.9. The van der Waals surface area contributed by atoms with E-state index in [1.807, 2.05) is 18.5 Å². The molecular formula is C12H16N4. The molecule has 4 nitrogen and oxygen atoms in total. The van der Waals surface area contributed by atoms with Crippen molar-refractivity contribution >= 4 is 11.0 Å². The molecule has 2 N–H and O–H groups in total. The highest BCUT2D eigenvalue weighted by Crippen LogP contribution is 2.39. The van der Waals surface area contributed by atoms with Crippen molar-refractivity contribution in [3.05, 3.63) is 24.3 Å². The lowest BCUT2D eigenvalue weighted by atomic mass is 10.2. The van der Waals surface area contributed by atoms with Crippen LogP contribution in [0.5, 0.6) is 0 Å². The Hall–Kier alpha value is -1.42. The molecule has 1 unspecified atom stereocenters. The Labute approximate surface area is 94.5 Å². The van der Waals surface area contributed by atoms with Gasteiger partial charge in [-0.1, -0.05) is 6.92 Å². The van der Waals surface area contributed by atoms with Gasteiger partial charge in [0.05, 0.1) is 17.8 Å². The number of hydrogen-bond donors (Lipinski definition) is 1. The minimum Gasteiger partial charge on any atom is -0.323 e. The third kappa shape index (κ3) is 1.41. The van der Waals surface area contributed by atoms with Crippen molar-refractivity contribution in [3.63, 3.8) is 0 Å². The average Bonchev–Trinajstić information content (AvgIpc) is 3.08. The first-order chi connectivity index (χ1) is 7.81. The van der Waals surface area contributed by atoms with Crippen LogP contribution in [0.25, 0.3) is 11.0 Å².